The number of nitrogens with zero attached hydrogens (tertiary/aromatic N) is 3. The molecule has 8 nitrogen and oxygen atoms in total. The fraction of sp³-hybridized carbons (Fsp3) is 0.343. The highest BCUT2D eigenvalue weighted by Gasteiger charge is 2.36. The van der Waals surface area contributed by atoms with Crippen LogP contribution in [0.15, 0.2) is 60.7 Å². The highest BCUT2D eigenvalue weighted by atomic mass is 35.5. The SMILES string of the molecule is COc1cc2c(cc1OC(C)C)C(c1ccc(Cl)cc1)N(c1ccc(-c3c(C)nn(C(=O)OC(C)(C)C)c3C)cc1)C(=O)C2. The Labute approximate surface area is 263 Å². The highest BCUT2D eigenvalue weighted by molar-refractivity contribution is 6.30. The number of carbonyl (C=O) groups is 2. The molecule has 1 amide bonds. The quantitative estimate of drug-likeness (QED) is 0.218. The fourth-order valence-corrected chi connectivity index (χ4v) is 5.79. The standard InChI is InChI=1S/C35H38ClN3O5/c1-20(2)43-30-19-28-25(17-29(30)42-8)18-31(40)38(33(28)24-9-13-26(36)14-10-24)27-15-11-23(12-16-27)32-21(3)37-39(22(32)4)34(41)44-35(5,6)7/h9-17,19-20,33H,18H2,1-8H3. The van der Waals surface area contributed by atoms with Gasteiger partial charge >= 0.3 is 6.09 Å². The zero-order valence-corrected chi connectivity index (χ0v) is 27.2. The third-order valence-corrected chi connectivity index (χ3v) is 7.68. The molecule has 1 aliphatic rings. The topological polar surface area (TPSA) is 82.9 Å². The molecule has 1 aliphatic heterocycles. The Bertz CT molecular complexity index is 1700. The number of rotatable bonds is 6. The van der Waals surface area contributed by atoms with Crippen LogP contribution in [-0.4, -0.2) is 40.6 Å². The summed E-state index contributed by atoms with van der Waals surface area (Å²) >= 11 is 6.26. The molecule has 1 aromatic heterocycles. The average Bonchev–Trinajstić information content (AvgIpc) is 3.25. The van der Waals surface area contributed by atoms with Crippen LogP contribution in [0, 0.1) is 13.8 Å². The Kier molecular flexibility index (Phi) is 8.49. The molecule has 2 heterocycles. The van der Waals surface area contributed by atoms with Gasteiger partial charge in [0.1, 0.15) is 5.60 Å². The van der Waals surface area contributed by atoms with Gasteiger partial charge < -0.3 is 19.1 Å². The molecule has 3 aromatic carbocycles. The summed E-state index contributed by atoms with van der Waals surface area (Å²) < 4.78 is 18.6. The largest absolute Gasteiger partial charge is 0.493 e. The van der Waals surface area contributed by atoms with E-state index in [4.69, 9.17) is 25.8 Å². The molecule has 0 radical (unpaired) electrons. The molecule has 0 N–H and O–H groups in total. The van der Waals surface area contributed by atoms with Crippen LogP contribution in [0.25, 0.3) is 11.1 Å². The van der Waals surface area contributed by atoms with Crippen molar-refractivity contribution in [1.29, 1.82) is 0 Å². The van der Waals surface area contributed by atoms with Crippen LogP contribution in [0.2, 0.25) is 5.02 Å². The van der Waals surface area contributed by atoms with Gasteiger partial charge in [-0.25, -0.2) is 4.79 Å². The van der Waals surface area contributed by atoms with Crippen molar-refractivity contribution >= 4 is 29.3 Å². The summed E-state index contributed by atoms with van der Waals surface area (Å²) in [6, 6.07) is 18.8. The number of hydrogen-bond acceptors (Lipinski definition) is 6. The normalized spacial score (nSPS) is 14.9. The van der Waals surface area contributed by atoms with E-state index >= 15 is 0 Å². The zero-order valence-electron chi connectivity index (χ0n) is 26.4. The maximum atomic E-state index is 13.9. The van der Waals surface area contributed by atoms with Crippen molar-refractivity contribution in [3.63, 3.8) is 0 Å². The van der Waals surface area contributed by atoms with Crippen LogP contribution < -0.4 is 14.4 Å². The van der Waals surface area contributed by atoms with Crippen molar-refractivity contribution in [2.24, 2.45) is 0 Å². The maximum absolute atomic E-state index is 13.9. The van der Waals surface area contributed by atoms with Crippen LogP contribution >= 0.6 is 11.6 Å². The number of halogens is 1. The summed E-state index contributed by atoms with van der Waals surface area (Å²) in [5.74, 6) is 1.17. The van der Waals surface area contributed by atoms with E-state index in [2.05, 4.69) is 5.10 Å². The van der Waals surface area contributed by atoms with Crippen LogP contribution in [-0.2, 0) is 16.0 Å². The van der Waals surface area contributed by atoms with Gasteiger partial charge in [0, 0.05) is 16.3 Å². The van der Waals surface area contributed by atoms with Gasteiger partial charge in [0.15, 0.2) is 11.5 Å². The first-order valence-electron chi connectivity index (χ1n) is 14.6. The second kappa shape index (κ2) is 12.0. The lowest BCUT2D eigenvalue weighted by molar-refractivity contribution is -0.118. The summed E-state index contributed by atoms with van der Waals surface area (Å²) in [6.07, 6.45) is -0.376. The molecule has 1 atom stereocenters. The van der Waals surface area contributed by atoms with Crippen molar-refractivity contribution in [3.05, 3.63) is 93.8 Å². The lowest BCUT2D eigenvalue weighted by Gasteiger charge is -2.38. The minimum absolute atomic E-state index is 0.0464. The molecular formula is C35H38ClN3O5. The Morgan fingerprint density at radius 1 is 1.00 bits per heavy atom. The first-order valence-corrected chi connectivity index (χ1v) is 15.0. The second-order valence-electron chi connectivity index (χ2n) is 12.2. The number of hydrogen-bond donors (Lipinski definition) is 0. The van der Waals surface area contributed by atoms with Crippen LogP contribution in [0.5, 0.6) is 11.5 Å². The number of ether oxygens (including phenoxy) is 3. The predicted octanol–water partition coefficient (Wildman–Crippen LogP) is 8.08. The van der Waals surface area contributed by atoms with Gasteiger partial charge in [-0.3, -0.25) is 4.79 Å². The van der Waals surface area contributed by atoms with Gasteiger partial charge in [-0.2, -0.15) is 9.78 Å². The first-order chi connectivity index (χ1) is 20.8. The van der Waals surface area contributed by atoms with E-state index in [0.717, 1.165) is 33.5 Å². The molecule has 230 valence electrons. The van der Waals surface area contributed by atoms with Crippen molar-refractivity contribution in [2.75, 3.05) is 12.0 Å². The van der Waals surface area contributed by atoms with Crippen molar-refractivity contribution in [2.45, 2.75) is 72.6 Å². The molecule has 1 unspecified atom stereocenters. The van der Waals surface area contributed by atoms with Gasteiger partial charge in [0.05, 0.1) is 37.1 Å². The molecule has 0 bridgehead atoms. The summed E-state index contributed by atoms with van der Waals surface area (Å²) in [4.78, 5) is 28.5. The summed E-state index contributed by atoms with van der Waals surface area (Å²) in [7, 11) is 1.60. The number of aryl methyl sites for hydroxylation is 1. The van der Waals surface area contributed by atoms with Gasteiger partial charge in [-0.1, -0.05) is 35.9 Å². The Hall–Kier alpha value is -4.30. The number of aromatic nitrogens is 2. The number of benzene rings is 3. The fourth-order valence-electron chi connectivity index (χ4n) is 5.66. The van der Waals surface area contributed by atoms with E-state index in [9.17, 15) is 9.59 Å². The highest BCUT2D eigenvalue weighted by Crippen LogP contribution is 2.44. The second-order valence-corrected chi connectivity index (χ2v) is 12.7. The monoisotopic (exact) mass is 615 g/mol. The van der Waals surface area contributed by atoms with E-state index < -0.39 is 17.7 Å². The maximum Gasteiger partial charge on any atom is 0.435 e. The van der Waals surface area contributed by atoms with Gasteiger partial charge in [-0.15, -0.1) is 0 Å². The first kappa shape index (κ1) is 31.1. The zero-order chi connectivity index (χ0) is 31.9. The summed E-state index contributed by atoms with van der Waals surface area (Å²) in [6.45, 7) is 13.1. The minimum Gasteiger partial charge on any atom is -0.493 e. The third kappa shape index (κ3) is 6.17. The van der Waals surface area contributed by atoms with Gasteiger partial charge in [0.25, 0.3) is 0 Å². The molecule has 4 aromatic rings. The summed E-state index contributed by atoms with van der Waals surface area (Å²) in [5, 5.41) is 5.08. The number of amides is 1. The number of anilines is 1. The Balaban J connectivity index is 1.58. The van der Waals surface area contributed by atoms with E-state index in [0.29, 0.717) is 27.9 Å². The van der Waals surface area contributed by atoms with E-state index in [1.54, 1.807) is 7.11 Å². The van der Waals surface area contributed by atoms with E-state index in [1.165, 1.54) is 4.68 Å². The average molecular weight is 616 g/mol. The molecule has 0 fully saturated rings. The molecule has 0 saturated carbocycles. The van der Waals surface area contributed by atoms with E-state index in [1.807, 2.05) is 114 Å². The smallest absolute Gasteiger partial charge is 0.435 e. The molecule has 44 heavy (non-hydrogen) atoms. The third-order valence-electron chi connectivity index (χ3n) is 7.43. The van der Waals surface area contributed by atoms with Crippen molar-refractivity contribution in [1.82, 2.24) is 9.78 Å². The molecule has 0 aliphatic carbocycles. The number of methoxy groups -OCH3 is 1. The van der Waals surface area contributed by atoms with Crippen molar-refractivity contribution < 1.29 is 23.8 Å². The van der Waals surface area contributed by atoms with Crippen LogP contribution in [0.4, 0.5) is 10.5 Å². The minimum atomic E-state index is -0.641. The number of fused-ring (bicyclic) bond motifs is 1. The number of carbonyl (C=O) groups excluding carboxylic acids is 2. The molecule has 9 heteroatoms. The van der Waals surface area contributed by atoms with Crippen LogP contribution in [0.3, 0.4) is 0 Å². The lowest BCUT2D eigenvalue weighted by Crippen LogP contribution is -2.41. The predicted molar refractivity (Wildman–Crippen MR) is 172 cm³/mol. The molecule has 5 rings (SSSR count). The summed E-state index contributed by atoms with van der Waals surface area (Å²) in [5.41, 5.74) is 5.96. The Morgan fingerprint density at radius 2 is 1.66 bits per heavy atom. The van der Waals surface area contributed by atoms with Crippen molar-refractivity contribution in [3.8, 4) is 22.6 Å². The van der Waals surface area contributed by atoms with Crippen LogP contribution in [0.1, 0.15) is 68.7 Å². The molecular weight excluding hydrogens is 578 g/mol. The van der Waals surface area contributed by atoms with Gasteiger partial charge in [-0.05, 0) is 107 Å². The molecule has 0 spiro atoms. The van der Waals surface area contributed by atoms with E-state index in [-0.39, 0.29) is 18.4 Å². The lowest BCUT2D eigenvalue weighted by atomic mass is 9.86. The Morgan fingerprint density at radius 3 is 2.25 bits per heavy atom. The van der Waals surface area contributed by atoms with Gasteiger partial charge in [0.2, 0.25) is 5.91 Å². The molecule has 0 saturated heterocycles.